The van der Waals surface area contributed by atoms with Gasteiger partial charge in [-0.2, -0.15) is 5.10 Å². The van der Waals surface area contributed by atoms with E-state index in [-0.39, 0.29) is 6.10 Å². The molecule has 0 bridgehead atoms. The summed E-state index contributed by atoms with van der Waals surface area (Å²) in [7, 11) is 0. The number of rotatable bonds is 5. The van der Waals surface area contributed by atoms with Gasteiger partial charge < -0.3 is 5.11 Å². The molecule has 1 fully saturated rings. The third kappa shape index (κ3) is 3.87. The van der Waals surface area contributed by atoms with Gasteiger partial charge in [-0.1, -0.05) is 42.5 Å². The molecule has 0 amide bonds. The molecule has 4 nitrogen and oxygen atoms in total. The second-order valence-corrected chi connectivity index (χ2v) is 7.09. The van der Waals surface area contributed by atoms with Gasteiger partial charge in [-0.3, -0.25) is 4.90 Å². The molecule has 1 unspecified atom stereocenters. The summed E-state index contributed by atoms with van der Waals surface area (Å²) in [6.07, 6.45) is 5.49. The average Bonchev–Trinajstić information content (AvgIpc) is 3.24. The molecular weight excluding hydrogens is 322 g/mol. The van der Waals surface area contributed by atoms with E-state index in [4.69, 9.17) is 0 Å². The molecule has 1 aliphatic heterocycles. The second kappa shape index (κ2) is 7.85. The van der Waals surface area contributed by atoms with E-state index in [1.165, 1.54) is 5.56 Å². The zero-order chi connectivity index (χ0) is 17.8. The number of nitrogens with zero attached hydrogens (tertiary/aromatic N) is 3. The summed E-state index contributed by atoms with van der Waals surface area (Å²) in [4.78, 5) is 2.48. The Morgan fingerprint density at radius 2 is 1.69 bits per heavy atom. The Kier molecular flexibility index (Phi) is 5.14. The highest BCUT2D eigenvalue weighted by molar-refractivity contribution is 5.33. The molecule has 1 saturated heterocycles. The van der Waals surface area contributed by atoms with Crippen LogP contribution in [-0.4, -0.2) is 32.9 Å². The Labute approximate surface area is 154 Å². The van der Waals surface area contributed by atoms with Crippen LogP contribution in [0.1, 0.15) is 30.1 Å². The maximum absolute atomic E-state index is 10.6. The van der Waals surface area contributed by atoms with E-state index in [2.05, 4.69) is 34.3 Å². The largest absolute Gasteiger partial charge is 0.388 e. The smallest absolute Gasteiger partial charge is 0.0819 e. The highest BCUT2D eigenvalue weighted by atomic mass is 16.3. The van der Waals surface area contributed by atoms with Crippen molar-refractivity contribution < 1.29 is 5.11 Å². The minimum absolute atomic E-state index is 0.341. The second-order valence-electron chi connectivity index (χ2n) is 7.09. The highest BCUT2D eigenvalue weighted by Crippen LogP contribution is 2.31. The predicted octanol–water partition coefficient (Wildman–Crippen LogP) is 3.82. The van der Waals surface area contributed by atoms with Gasteiger partial charge >= 0.3 is 0 Å². The van der Waals surface area contributed by atoms with E-state index in [1.807, 2.05) is 47.3 Å². The predicted molar refractivity (Wildman–Crippen MR) is 103 cm³/mol. The normalized spacial score (nSPS) is 17.3. The van der Waals surface area contributed by atoms with Crippen molar-refractivity contribution in [2.24, 2.45) is 5.92 Å². The van der Waals surface area contributed by atoms with E-state index < -0.39 is 0 Å². The van der Waals surface area contributed by atoms with Gasteiger partial charge in [-0.15, -0.1) is 0 Å². The van der Waals surface area contributed by atoms with E-state index in [9.17, 15) is 5.11 Å². The lowest BCUT2D eigenvalue weighted by atomic mass is 9.87. The zero-order valence-electron chi connectivity index (χ0n) is 14.9. The molecule has 0 saturated carbocycles. The summed E-state index contributed by atoms with van der Waals surface area (Å²) >= 11 is 0. The molecule has 3 aromatic rings. The van der Waals surface area contributed by atoms with Crippen LogP contribution in [0.3, 0.4) is 0 Å². The number of hydrogen-bond acceptors (Lipinski definition) is 3. The minimum Gasteiger partial charge on any atom is -0.388 e. The fraction of sp³-hybridized carbons (Fsp3) is 0.318. The molecule has 0 spiro atoms. The van der Waals surface area contributed by atoms with E-state index in [0.717, 1.165) is 43.7 Å². The molecule has 0 aliphatic carbocycles. The molecule has 1 atom stereocenters. The maximum atomic E-state index is 10.6. The van der Waals surface area contributed by atoms with Crippen molar-refractivity contribution in [1.82, 2.24) is 14.7 Å². The molecule has 4 rings (SSSR count). The molecular formula is C22H25N3O. The molecule has 2 heterocycles. The Morgan fingerprint density at radius 1 is 0.962 bits per heavy atom. The molecule has 26 heavy (non-hydrogen) atoms. The van der Waals surface area contributed by atoms with Crippen LogP contribution in [0.2, 0.25) is 0 Å². The first-order valence-electron chi connectivity index (χ1n) is 9.34. The van der Waals surface area contributed by atoms with Crippen LogP contribution in [0, 0.1) is 5.92 Å². The van der Waals surface area contributed by atoms with Crippen molar-refractivity contribution in [1.29, 1.82) is 0 Å². The van der Waals surface area contributed by atoms with Gasteiger partial charge in [0.1, 0.15) is 0 Å². The number of aromatic nitrogens is 2. The SMILES string of the molecule is OC(c1ccccc1)C1CCN(Cc2ccc(-n3cccn3)cc2)CC1. The van der Waals surface area contributed by atoms with Gasteiger partial charge in [0.2, 0.25) is 0 Å². The van der Waals surface area contributed by atoms with Crippen LogP contribution in [-0.2, 0) is 6.54 Å². The highest BCUT2D eigenvalue weighted by Gasteiger charge is 2.26. The molecule has 0 radical (unpaired) electrons. The van der Waals surface area contributed by atoms with Gasteiger partial charge in [0, 0.05) is 18.9 Å². The standard InChI is InChI=1S/C22H25N3O/c26-22(19-5-2-1-3-6-19)20-11-15-24(16-12-20)17-18-7-9-21(10-8-18)25-14-4-13-23-25/h1-10,13-14,20,22,26H,11-12,15-17H2. The third-order valence-electron chi connectivity index (χ3n) is 5.33. The van der Waals surface area contributed by atoms with Gasteiger partial charge in [-0.05, 0) is 61.2 Å². The van der Waals surface area contributed by atoms with Gasteiger partial charge in [0.05, 0.1) is 11.8 Å². The Hall–Kier alpha value is -2.43. The minimum atomic E-state index is -0.341. The van der Waals surface area contributed by atoms with Crippen LogP contribution in [0.25, 0.3) is 5.69 Å². The third-order valence-corrected chi connectivity index (χ3v) is 5.33. The van der Waals surface area contributed by atoms with E-state index >= 15 is 0 Å². The fourth-order valence-corrected chi connectivity index (χ4v) is 3.78. The lowest BCUT2D eigenvalue weighted by Gasteiger charge is -2.34. The van der Waals surface area contributed by atoms with Crippen LogP contribution in [0.15, 0.2) is 73.1 Å². The topological polar surface area (TPSA) is 41.3 Å². The first-order valence-corrected chi connectivity index (χ1v) is 9.34. The van der Waals surface area contributed by atoms with Gasteiger partial charge in [-0.25, -0.2) is 4.68 Å². The zero-order valence-corrected chi connectivity index (χ0v) is 14.9. The average molecular weight is 347 g/mol. The summed E-state index contributed by atoms with van der Waals surface area (Å²) in [5.41, 5.74) is 3.45. The number of hydrogen-bond donors (Lipinski definition) is 1. The Bertz CT molecular complexity index is 791. The number of benzene rings is 2. The lowest BCUT2D eigenvalue weighted by Crippen LogP contribution is -2.35. The molecule has 1 aliphatic rings. The maximum Gasteiger partial charge on any atom is 0.0819 e. The van der Waals surface area contributed by atoms with Gasteiger partial charge in [0.15, 0.2) is 0 Å². The van der Waals surface area contributed by atoms with Crippen LogP contribution in [0.5, 0.6) is 0 Å². The van der Waals surface area contributed by atoms with Crippen molar-refractivity contribution in [3.63, 3.8) is 0 Å². The molecule has 1 aromatic heterocycles. The Balaban J connectivity index is 1.31. The summed E-state index contributed by atoms with van der Waals surface area (Å²) < 4.78 is 1.88. The lowest BCUT2D eigenvalue weighted by molar-refractivity contribution is 0.0568. The van der Waals surface area contributed by atoms with Crippen molar-refractivity contribution in [3.05, 3.63) is 84.2 Å². The monoisotopic (exact) mass is 347 g/mol. The number of aliphatic hydroxyl groups excluding tert-OH is 1. The quantitative estimate of drug-likeness (QED) is 0.763. The van der Waals surface area contributed by atoms with Crippen molar-refractivity contribution in [3.8, 4) is 5.69 Å². The van der Waals surface area contributed by atoms with E-state index in [1.54, 1.807) is 6.20 Å². The number of aliphatic hydroxyl groups is 1. The molecule has 1 N–H and O–H groups in total. The van der Waals surface area contributed by atoms with Crippen LogP contribution in [0.4, 0.5) is 0 Å². The van der Waals surface area contributed by atoms with E-state index in [0.29, 0.717) is 5.92 Å². The number of piperidine rings is 1. The van der Waals surface area contributed by atoms with Gasteiger partial charge in [0.25, 0.3) is 0 Å². The van der Waals surface area contributed by atoms with Crippen molar-refractivity contribution >= 4 is 0 Å². The summed E-state index contributed by atoms with van der Waals surface area (Å²) in [6.45, 7) is 3.04. The Morgan fingerprint density at radius 3 is 2.35 bits per heavy atom. The first-order chi connectivity index (χ1) is 12.8. The van der Waals surface area contributed by atoms with Crippen molar-refractivity contribution in [2.75, 3.05) is 13.1 Å². The van der Waals surface area contributed by atoms with Crippen molar-refractivity contribution in [2.45, 2.75) is 25.5 Å². The molecule has 2 aromatic carbocycles. The van der Waals surface area contributed by atoms with Crippen LogP contribution >= 0.6 is 0 Å². The van der Waals surface area contributed by atoms with Crippen LogP contribution < -0.4 is 0 Å². The summed E-state index contributed by atoms with van der Waals surface area (Å²) in [5, 5.41) is 14.9. The summed E-state index contributed by atoms with van der Waals surface area (Å²) in [6, 6.07) is 20.6. The molecule has 4 heteroatoms. The fourth-order valence-electron chi connectivity index (χ4n) is 3.78. The molecule has 134 valence electrons. The summed E-state index contributed by atoms with van der Waals surface area (Å²) in [5.74, 6) is 0.357. The first kappa shape index (κ1) is 17.0. The number of likely N-dealkylation sites (tertiary alicyclic amines) is 1.